The monoisotopic (exact) mass is 368 g/mol. The van der Waals surface area contributed by atoms with Crippen molar-refractivity contribution >= 4 is 43.5 Å². The maximum absolute atomic E-state index is 11.3. The average molecular weight is 370 g/mol. The predicted molar refractivity (Wildman–Crippen MR) is 80.2 cm³/mol. The molecule has 0 aromatic heterocycles. The van der Waals surface area contributed by atoms with Gasteiger partial charge in [0.1, 0.15) is 0 Å². The Balaban J connectivity index is 2.59. The van der Waals surface area contributed by atoms with Gasteiger partial charge in [-0.15, -0.1) is 0 Å². The van der Waals surface area contributed by atoms with Crippen molar-refractivity contribution in [2.75, 3.05) is 5.73 Å². The molecule has 0 heterocycles. The summed E-state index contributed by atoms with van der Waals surface area (Å²) in [6, 6.07) is 11.3. The highest BCUT2D eigenvalue weighted by atomic mass is 79.9. The Labute approximate surface area is 121 Å². The minimum atomic E-state index is -0.535. The Kier molecular flexibility index (Phi) is 3.73. The number of anilines is 1. The third kappa shape index (κ3) is 2.57. The van der Waals surface area contributed by atoms with E-state index in [1.54, 1.807) is 6.07 Å². The molecule has 5 heteroatoms. The van der Waals surface area contributed by atoms with E-state index in [2.05, 4.69) is 31.9 Å². The number of rotatable bonds is 2. The summed E-state index contributed by atoms with van der Waals surface area (Å²) >= 11 is 6.71. The van der Waals surface area contributed by atoms with Crippen LogP contribution in [0.2, 0.25) is 0 Å². The number of hydrogen-bond acceptors (Lipinski definition) is 2. The van der Waals surface area contributed by atoms with Crippen LogP contribution in [0.4, 0.5) is 5.69 Å². The van der Waals surface area contributed by atoms with Crippen molar-refractivity contribution in [2.45, 2.75) is 0 Å². The molecule has 0 bridgehead atoms. The molecule has 0 aliphatic carbocycles. The van der Waals surface area contributed by atoms with Gasteiger partial charge < -0.3 is 11.5 Å². The molecule has 0 saturated carbocycles. The highest BCUT2D eigenvalue weighted by Crippen LogP contribution is 2.31. The fourth-order valence-corrected chi connectivity index (χ4v) is 2.36. The quantitative estimate of drug-likeness (QED) is 0.794. The number of primary amides is 1. The van der Waals surface area contributed by atoms with Gasteiger partial charge in [-0.1, -0.05) is 28.1 Å². The van der Waals surface area contributed by atoms with Crippen LogP contribution in [0.25, 0.3) is 11.1 Å². The first-order chi connectivity index (χ1) is 8.49. The number of hydrogen-bond donors (Lipinski definition) is 2. The summed E-state index contributed by atoms with van der Waals surface area (Å²) in [5.41, 5.74) is 13.7. The van der Waals surface area contributed by atoms with Crippen LogP contribution >= 0.6 is 31.9 Å². The highest BCUT2D eigenvalue weighted by molar-refractivity contribution is 9.10. The lowest BCUT2D eigenvalue weighted by atomic mass is 10.0. The summed E-state index contributed by atoms with van der Waals surface area (Å²) in [6.07, 6.45) is 0. The molecule has 0 saturated heterocycles. The van der Waals surface area contributed by atoms with Crippen molar-refractivity contribution in [2.24, 2.45) is 5.73 Å². The molecule has 0 atom stereocenters. The molecule has 0 aliphatic rings. The molecule has 4 N–H and O–H groups in total. The van der Waals surface area contributed by atoms with E-state index in [0.717, 1.165) is 15.6 Å². The fourth-order valence-electron chi connectivity index (χ4n) is 1.63. The van der Waals surface area contributed by atoms with Crippen LogP contribution in [0.15, 0.2) is 45.3 Å². The molecule has 2 aromatic carbocycles. The molecule has 1 amide bonds. The first-order valence-corrected chi connectivity index (χ1v) is 6.72. The number of nitrogen functional groups attached to an aromatic ring is 1. The van der Waals surface area contributed by atoms with Gasteiger partial charge in [-0.2, -0.15) is 0 Å². The number of benzene rings is 2. The largest absolute Gasteiger partial charge is 0.397 e. The molecule has 2 aromatic rings. The van der Waals surface area contributed by atoms with Crippen LogP contribution in [-0.2, 0) is 0 Å². The zero-order valence-electron chi connectivity index (χ0n) is 9.28. The zero-order valence-corrected chi connectivity index (χ0v) is 12.5. The SMILES string of the molecule is NC(=O)c1cc(-c2ccc(Br)cc2)cc(Br)c1N. The highest BCUT2D eigenvalue weighted by Gasteiger charge is 2.11. The molecule has 2 rings (SSSR count). The van der Waals surface area contributed by atoms with Gasteiger partial charge in [0.2, 0.25) is 0 Å². The smallest absolute Gasteiger partial charge is 0.250 e. The van der Waals surface area contributed by atoms with E-state index < -0.39 is 5.91 Å². The number of nitrogens with two attached hydrogens (primary N) is 2. The van der Waals surface area contributed by atoms with Crippen LogP contribution in [0.3, 0.4) is 0 Å². The van der Waals surface area contributed by atoms with Crippen LogP contribution in [0.1, 0.15) is 10.4 Å². The molecule has 18 heavy (non-hydrogen) atoms. The third-order valence-corrected chi connectivity index (χ3v) is 3.76. The Morgan fingerprint density at radius 3 is 2.17 bits per heavy atom. The van der Waals surface area contributed by atoms with Crippen molar-refractivity contribution in [3.63, 3.8) is 0 Å². The predicted octanol–water partition coefficient (Wildman–Crippen LogP) is 3.56. The minimum absolute atomic E-state index is 0.322. The maximum Gasteiger partial charge on any atom is 0.250 e. The van der Waals surface area contributed by atoms with E-state index in [1.165, 1.54) is 0 Å². The van der Waals surface area contributed by atoms with Gasteiger partial charge >= 0.3 is 0 Å². The van der Waals surface area contributed by atoms with Gasteiger partial charge in [-0.05, 0) is 51.3 Å². The zero-order chi connectivity index (χ0) is 13.3. The topological polar surface area (TPSA) is 69.1 Å². The molecule has 0 spiro atoms. The van der Waals surface area contributed by atoms with Gasteiger partial charge in [0, 0.05) is 8.95 Å². The van der Waals surface area contributed by atoms with Crippen LogP contribution in [0, 0.1) is 0 Å². The van der Waals surface area contributed by atoms with E-state index >= 15 is 0 Å². The van der Waals surface area contributed by atoms with Crippen LogP contribution < -0.4 is 11.5 Å². The van der Waals surface area contributed by atoms with Gasteiger partial charge in [-0.25, -0.2) is 0 Å². The number of halogens is 2. The van der Waals surface area contributed by atoms with Gasteiger partial charge in [0.15, 0.2) is 0 Å². The standard InChI is InChI=1S/C13H10Br2N2O/c14-9-3-1-7(2-4-9)8-5-10(13(17)18)12(16)11(15)6-8/h1-6H,16H2,(H2,17,18). The molecule has 92 valence electrons. The second-order valence-corrected chi connectivity index (χ2v) is 5.56. The summed E-state index contributed by atoms with van der Waals surface area (Å²) in [4.78, 5) is 11.3. The normalized spacial score (nSPS) is 10.3. The molecule has 0 aliphatic heterocycles. The fraction of sp³-hybridized carbons (Fsp3) is 0. The van der Waals surface area contributed by atoms with E-state index in [1.807, 2.05) is 30.3 Å². The molecule has 3 nitrogen and oxygen atoms in total. The lowest BCUT2D eigenvalue weighted by molar-refractivity contribution is 0.100. The van der Waals surface area contributed by atoms with E-state index in [9.17, 15) is 4.79 Å². The average Bonchev–Trinajstić information content (AvgIpc) is 2.33. The summed E-state index contributed by atoms with van der Waals surface area (Å²) in [5, 5.41) is 0. The minimum Gasteiger partial charge on any atom is -0.397 e. The van der Waals surface area contributed by atoms with E-state index in [-0.39, 0.29) is 0 Å². The van der Waals surface area contributed by atoms with Gasteiger partial charge in [-0.3, -0.25) is 4.79 Å². The van der Waals surface area contributed by atoms with Crippen LogP contribution in [0.5, 0.6) is 0 Å². The molecular weight excluding hydrogens is 360 g/mol. The molecule has 0 radical (unpaired) electrons. The van der Waals surface area contributed by atoms with Crippen molar-refractivity contribution in [1.82, 2.24) is 0 Å². The van der Waals surface area contributed by atoms with Gasteiger partial charge in [0.25, 0.3) is 5.91 Å². The lowest BCUT2D eigenvalue weighted by Crippen LogP contribution is -2.14. The third-order valence-electron chi connectivity index (χ3n) is 2.57. The van der Waals surface area contributed by atoms with Crippen molar-refractivity contribution in [1.29, 1.82) is 0 Å². The molecular formula is C13H10Br2N2O. The second-order valence-electron chi connectivity index (χ2n) is 3.79. The summed E-state index contributed by atoms with van der Waals surface area (Å²) in [7, 11) is 0. The van der Waals surface area contributed by atoms with Crippen molar-refractivity contribution < 1.29 is 4.79 Å². The number of carbonyl (C=O) groups excluding carboxylic acids is 1. The lowest BCUT2D eigenvalue weighted by Gasteiger charge is -2.09. The Morgan fingerprint density at radius 1 is 1.00 bits per heavy atom. The number of amides is 1. The van der Waals surface area contributed by atoms with Crippen molar-refractivity contribution in [3.8, 4) is 11.1 Å². The Hall–Kier alpha value is -1.33. The molecule has 0 fully saturated rings. The summed E-state index contributed by atoms with van der Waals surface area (Å²) in [5.74, 6) is -0.535. The summed E-state index contributed by atoms with van der Waals surface area (Å²) < 4.78 is 1.66. The first-order valence-electron chi connectivity index (χ1n) is 5.14. The Morgan fingerprint density at radius 2 is 1.61 bits per heavy atom. The Bertz CT molecular complexity index is 609. The van der Waals surface area contributed by atoms with E-state index in [0.29, 0.717) is 15.7 Å². The maximum atomic E-state index is 11.3. The number of carbonyl (C=O) groups is 1. The van der Waals surface area contributed by atoms with E-state index in [4.69, 9.17) is 11.5 Å². The first kappa shape index (κ1) is 13.1. The van der Waals surface area contributed by atoms with Crippen molar-refractivity contribution in [3.05, 3.63) is 50.9 Å². The second kappa shape index (κ2) is 5.12. The summed E-state index contributed by atoms with van der Waals surface area (Å²) in [6.45, 7) is 0. The molecule has 0 unspecified atom stereocenters. The van der Waals surface area contributed by atoms with Crippen LogP contribution in [-0.4, -0.2) is 5.91 Å². The van der Waals surface area contributed by atoms with Gasteiger partial charge in [0.05, 0.1) is 11.3 Å².